The van der Waals surface area contributed by atoms with Gasteiger partial charge in [0.2, 0.25) is 5.91 Å². The lowest BCUT2D eigenvalue weighted by molar-refractivity contribution is -0.174. The number of alkyl halides is 3. The van der Waals surface area contributed by atoms with Crippen LogP contribution in [0.1, 0.15) is 12.0 Å². The number of aromatic amines is 1. The van der Waals surface area contributed by atoms with Crippen LogP contribution in [-0.2, 0) is 9.53 Å². The van der Waals surface area contributed by atoms with E-state index in [1.807, 2.05) is 0 Å². The maximum absolute atomic E-state index is 11.7. The summed E-state index contributed by atoms with van der Waals surface area (Å²) in [5, 5.41) is 16.8. The van der Waals surface area contributed by atoms with Crippen molar-refractivity contribution < 1.29 is 22.7 Å². The molecule has 6 nitrogen and oxygen atoms in total. The number of amides is 1. The van der Waals surface area contributed by atoms with Gasteiger partial charge in [-0.25, -0.2) is 0 Å². The molecule has 0 spiro atoms. The highest BCUT2D eigenvalue weighted by molar-refractivity contribution is 5.90. The van der Waals surface area contributed by atoms with E-state index in [-0.39, 0.29) is 24.4 Å². The molecule has 0 saturated carbocycles. The van der Waals surface area contributed by atoms with Crippen LogP contribution in [0.15, 0.2) is 6.20 Å². The molecule has 0 aromatic carbocycles. The molecule has 0 unspecified atom stereocenters. The summed E-state index contributed by atoms with van der Waals surface area (Å²) >= 11 is 0. The highest BCUT2D eigenvalue weighted by Gasteiger charge is 2.27. The first-order valence-corrected chi connectivity index (χ1v) is 4.80. The van der Waals surface area contributed by atoms with Gasteiger partial charge in [0.25, 0.3) is 0 Å². The molecule has 98 valence electrons. The van der Waals surface area contributed by atoms with Crippen molar-refractivity contribution in [2.75, 3.05) is 18.5 Å². The summed E-state index contributed by atoms with van der Waals surface area (Å²) in [4.78, 5) is 11.3. The number of nitrogens with zero attached hydrogens (tertiary/aromatic N) is 2. The molecule has 0 radical (unpaired) electrons. The maximum Gasteiger partial charge on any atom is 0.411 e. The molecule has 0 atom stereocenters. The number of hydrogen-bond acceptors (Lipinski definition) is 4. The Balaban J connectivity index is 2.29. The molecule has 0 fully saturated rings. The average molecular weight is 262 g/mol. The predicted molar refractivity (Wildman–Crippen MR) is 53.4 cm³/mol. The van der Waals surface area contributed by atoms with Crippen molar-refractivity contribution in [3.63, 3.8) is 0 Å². The summed E-state index contributed by atoms with van der Waals surface area (Å²) in [5.41, 5.74) is 0.138. The zero-order valence-electron chi connectivity index (χ0n) is 9.04. The van der Waals surface area contributed by atoms with Gasteiger partial charge in [-0.3, -0.25) is 9.89 Å². The Morgan fingerprint density at radius 3 is 2.94 bits per heavy atom. The molecule has 0 saturated heterocycles. The molecule has 1 aromatic rings. The van der Waals surface area contributed by atoms with E-state index in [9.17, 15) is 18.0 Å². The molecular formula is C9H9F3N4O2. The Morgan fingerprint density at radius 2 is 2.33 bits per heavy atom. The highest BCUT2D eigenvalue weighted by Crippen LogP contribution is 2.14. The second-order valence-corrected chi connectivity index (χ2v) is 3.24. The Hall–Kier alpha value is -2.08. The molecule has 18 heavy (non-hydrogen) atoms. The summed E-state index contributed by atoms with van der Waals surface area (Å²) in [7, 11) is 0. The van der Waals surface area contributed by atoms with Crippen molar-refractivity contribution in [1.29, 1.82) is 5.26 Å². The summed E-state index contributed by atoms with van der Waals surface area (Å²) in [6.45, 7) is -1.75. The minimum atomic E-state index is -4.41. The smallest absolute Gasteiger partial charge is 0.372 e. The molecular weight excluding hydrogens is 253 g/mol. The molecule has 0 bridgehead atoms. The Kier molecular flexibility index (Phi) is 4.67. The van der Waals surface area contributed by atoms with E-state index in [1.165, 1.54) is 6.20 Å². The molecule has 1 rings (SSSR count). The zero-order chi connectivity index (χ0) is 13.6. The fourth-order valence-electron chi connectivity index (χ4n) is 1.02. The van der Waals surface area contributed by atoms with Crippen molar-refractivity contribution in [1.82, 2.24) is 10.2 Å². The Bertz CT molecular complexity index is 449. The lowest BCUT2D eigenvalue weighted by Crippen LogP contribution is -2.20. The number of rotatable bonds is 5. The number of hydrogen-bond donors (Lipinski definition) is 2. The molecule has 1 aromatic heterocycles. The number of carbonyl (C=O) groups excluding carboxylic acids is 1. The van der Waals surface area contributed by atoms with Gasteiger partial charge in [0.05, 0.1) is 19.2 Å². The van der Waals surface area contributed by atoms with E-state index in [2.05, 4.69) is 20.3 Å². The molecule has 1 heterocycles. The van der Waals surface area contributed by atoms with Crippen LogP contribution in [0.4, 0.5) is 19.0 Å². The molecule has 1 amide bonds. The maximum atomic E-state index is 11.7. The van der Waals surface area contributed by atoms with Gasteiger partial charge in [-0.15, -0.1) is 0 Å². The van der Waals surface area contributed by atoms with Crippen molar-refractivity contribution >= 4 is 11.7 Å². The number of carbonyl (C=O) groups is 1. The fraction of sp³-hybridized carbons (Fsp3) is 0.444. The fourth-order valence-corrected chi connectivity index (χ4v) is 1.02. The molecule has 9 heteroatoms. The largest absolute Gasteiger partial charge is 0.411 e. The van der Waals surface area contributed by atoms with Crippen LogP contribution in [-0.4, -0.2) is 35.5 Å². The van der Waals surface area contributed by atoms with E-state index in [4.69, 9.17) is 5.26 Å². The number of halogens is 3. The van der Waals surface area contributed by atoms with Gasteiger partial charge in [-0.05, 0) is 0 Å². The average Bonchev–Trinajstić information content (AvgIpc) is 2.70. The highest BCUT2D eigenvalue weighted by atomic mass is 19.4. The Morgan fingerprint density at radius 1 is 1.61 bits per heavy atom. The van der Waals surface area contributed by atoms with Gasteiger partial charge in [-0.1, -0.05) is 0 Å². The zero-order valence-corrected chi connectivity index (χ0v) is 9.04. The molecule has 0 aliphatic heterocycles. The van der Waals surface area contributed by atoms with Crippen molar-refractivity contribution in [3.05, 3.63) is 11.8 Å². The third kappa shape index (κ3) is 4.84. The normalized spacial score (nSPS) is 11.0. The Labute approximate surface area is 99.7 Å². The topological polar surface area (TPSA) is 90.8 Å². The van der Waals surface area contributed by atoms with E-state index in [0.717, 1.165) is 0 Å². The quantitative estimate of drug-likeness (QED) is 0.780. The molecule has 0 aliphatic rings. The van der Waals surface area contributed by atoms with Gasteiger partial charge < -0.3 is 10.1 Å². The minimum absolute atomic E-state index is 0.110. The van der Waals surface area contributed by atoms with Crippen molar-refractivity contribution in [3.8, 4) is 6.07 Å². The van der Waals surface area contributed by atoms with Gasteiger partial charge >= 0.3 is 6.18 Å². The first kappa shape index (κ1) is 14.0. The first-order chi connectivity index (χ1) is 8.42. The second kappa shape index (κ2) is 6.02. The summed E-state index contributed by atoms with van der Waals surface area (Å²) < 4.78 is 39.4. The van der Waals surface area contributed by atoms with Crippen LogP contribution in [0.2, 0.25) is 0 Å². The summed E-state index contributed by atoms with van der Waals surface area (Å²) in [6.07, 6.45) is -3.44. The number of nitriles is 1. The number of nitrogens with one attached hydrogen (secondary N) is 2. The summed E-state index contributed by atoms with van der Waals surface area (Å²) in [5.74, 6) is -0.462. The van der Waals surface area contributed by atoms with Crippen molar-refractivity contribution in [2.24, 2.45) is 0 Å². The number of anilines is 1. The van der Waals surface area contributed by atoms with Gasteiger partial charge in [0.1, 0.15) is 24.1 Å². The van der Waals surface area contributed by atoms with E-state index < -0.39 is 18.7 Å². The van der Waals surface area contributed by atoms with Crippen LogP contribution in [0, 0.1) is 11.3 Å². The predicted octanol–water partition coefficient (Wildman–Crippen LogP) is 1.19. The van der Waals surface area contributed by atoms with Gasteiger partial charge in [0, 0.05) is 0 Å². The lowest BCUT2D eigenvalue weighted by Gasteiger charge is -2.07. The van der Waals surface area contributed by atoms with Crippen molar-refractivity contribution in [2.45, 2.75) is 12.6 Å². The third-order valence-electron chi connectivity index (χ3n) is 1.76. The van der Waals surface area contributed by atoms with Crippen LogP contribution in [0.25, 0.3) is 0 Å². The van der Waals surface area contributed by atoms with E-state index in [0.29, 0.717) is 0 Å². The molecule has 2 N–H and O–H groups in total. The van der Waals surface area contributed by atoms with Crippen LogP contribution in [0.3, 0.4) is 0 Å². The first-order valence-electron chi connectivity index (χ1n) is 4.80. The van der Waals surface area contributed by atoms with Gasteiger partial charge in [-0.2, -0.15) is 23.5 Å². The summed E-state index contributed by atoms with van der Waals surface area (Å²) in [6, 6.07) is 1.78. The van der Waals surface area contributed by atoms with E-state index >= 15 is 0 Å². The van der Waals surface area contributed by atoms with Crippen LogP contribution >= 0.6 is 0 Å². The number of aromatic nitrogens is 2. The SMILES string of the molecule is N#Cc1cn[nH]c1NC(=O)CCOCC(F)(F)F. The lowest BCUT2D eigenvalue weighted by atomic mass is 10.3. The third-order valence-corrected chi connectivity index (χ3v) is 1.76. The minimum Gasteiger partial charge on any atom is -0.372 e. The second-order valence-electron chi connectivity index (χ2n) is 3.24. The standard InChI is InChI=1S/C9H9F3N4O2/c10-9(11,12)5-18-2-1-7(17)15-8-6(3-13)4-14-16-8/h4H,1-2,5H2,(H2,14,15,16,17). The molecule has 0 aliphatic carbocycles. The van der Waals surface area contributed by atoms with Gasteiger partial charge in [0.15, 0.2) is 0 Å². The monoisotopic (exact) mass is 262 g/mol. The van der Waals surface area contributed by atoms with E-state index in [1.54, 1.807) is 6.07 Å². The van der Waals surface area contributed by atoms with Crippen LogP contribution in [0.5, 0.6) is 0 Å². The van der Waals surface area contributed by atoms with Crippen LogP contribution < -0.4 is 5.32 Å². The number of ether oxygens (including phenoxy) is 1. The number of H-pyrrole nitrogens is 1.